The normalized spacial score (nSPS) is 14.6. The van der Waals surface area contributed by atoms with Crippen molar-refractivity contribution in [2.45, 2.75) is 50.7 Å². The predicted molar refractivity (Wildman–Crippen MR) is 113 cm³/mol. The summed E-state index contributed by atoms with van der Waals surface area (Å²) >= 11 is 0. The Morgan fingerprint density at radius 2 is 1.79 bits per heavy atom. The summed E-state index contributed by atoms with van der Waals surface area (Å²) in [4.78, 5) is 12.6. The maximum absolute atomic E-state index is 12.5. The molecule has 1 saturated carbocycles. The minimum Gasteiger partial charge on any atom is -0.376 e. The predicted octanol–water partition coefficient (Wildman–Crippen LogP) is 3.94. The summed E-state index contributed by atoms with van der Waals surface area (Å²) in [6, 6.07) is 13.4. The van der Waals surface area contributed by atoms with Crippen LogP contribution in [0, 0.1) is 5.92 Å². The van der Waals surface area contributed by atoms with Gasteiger partial charge in [0.25, 0.3) is 5.91 Å². The summed E-state index contributed by atoms with van der Waals surface area (Å²) in [6.07, 6.45) is 2.50. The zero-order valence-corrected chi connectivity index (χ0v) is 17.9. The van der Waals surface area contributed by atoms with E-state index >= 15 is 0 Å². The lowest BCUT2D eigenvalue weighted by atomic mass is 10.1. The maximum atomic E-state index is 12.5. The van der Waals surface area contributed by atoms with E-state index in [0.717, 1.165) is 12.2 Å². The molecule has 0 unspecified atom stereocenters. The number of sulfonamides is 1. The lowest BCUT2D eigenvalue weighted by Crippen LogP contribution is -2.40. The molecule has 1 aliphatic rings. The second-order valence-electron chi connectivity index (χ2n) is 8.49. The number of anilines is 1. The van der Waals surface area contributed by atoms with Gasteiger partial charge in [0.1, 0.15) is 0 Å². The molecule has 29 heavy (non-hydrogen) atoms. The van der Waals surface area contributed by atoms with Gasteiger partial charge in [-0.25, -0.2) is 13.1 Å². The van der Waals surface area contributed by atoms with Gasteiger partial charge in [-0.05, 0) is 81.5 Å². The number of rotatable bonds is 8. The molecular formula is C22H28N2O4S. The third-order valence-corrected chi connectivity index (χ3v) is 6.15. The average Bonchev–Trinajstić information content (AvgIpc) is 3.44. The molecule has 7 heteroatoms. The number of amides is 1. The van der Waals surface area contributed by atoms with Crippen LogP contribution in [-0.4, -0.2) is 26.5 Å². The highest BCUT2D eigenvalue weighted by atomic mass is 32.2. The Kier molecular flexibility index (Phi) is 6.41. The van der Waals surface area contributed by atoms with Gasteiger partial charge in [-0.3, -0.25) is 4.79 Å². The second kappa shape index (κ2) is 8.65. The van der Waals surface area contributed by atoms with Crippen LogP contribution in [0.3, 0.4) is 0 Å². The van der Waals surface area contributed by atoms with Crippen LogP contribution in [0.4, 0.5) is 5.69 Å². The molecule has 0 aliphatic heterocycles. The molecule has 1 aliphatic carbocycles. The molecule has 0 radical (unpaired) electrons. The van der Waals surface area contributed by atoms with Gasteiger partial charge in [0.15, 0.2) is 0 Å². The van der Waals surface area contributed by atoms with Gasteiger partial charge in [-0.2, -0.15) is 0 Å². The van der Waals surface area contributed by atoms with Crippen molar-refractivity contribution >= 4 is 21.6 Å². The first kappa shape index (κ1) is 21.5. The minimum absolute atomic E-state index is 0.124. The number of hydrogen-bond donors (Lipinski definition) is 2. The molecule has 0 aromatic heterocycles. The summed E-state index contributed by atoms with van der Waals surface area (Å²) in [7, 11) is -3.63. The highest BCUT2D eigenvalue weighted by Crippen LogP contribution is 2.29. The molecule has 2 aromatic carbocycles. The van der Waals surface area contributed by atoms with Gasteiger partial charge in [-0.1, -0.05) is 12.1 Å². The fourth-order valence-electron chi connectivity index (χ4n) is 2.82. The van der Waals surface area contributed by atoms with Crippen molar-refractivity contribution in [1.82, 2.24) is 4.72 Å². The van der Waals surface area contributed by atoms with Crippen LogP contribution >= 0.6 is 0 Å². The molecule has 156 valence electrons. The summed E-state index contributed by atoms with van der Waals surface area (Å²) in [5, 5.41) is 2.85. The van der Waals surface area contributed by atoms with Crippen LogP contribution in [0.2, 0.25) is 0 Å². The largest absolute Gasteiger partial charge is 0.376 e. The molecule has 2 N–H and O–H groups in total. The summed E-state index contributed by atoms with van der Waals surface area (Å²) in [5.74, 6) is 0.414. The summed E-state index contributed by atoms with van der Waals surface area (Å²) in [5.41, 5.74) is 1.48. The molecule has 1 amide bonds. The van der Waals surface area contributed by atoms with Crippen LogP contribution < -0.4 is 10.0 Å². The van der Waals surface area contributed by atoms with E-state index in [1.54, 1.807) is 20.8 Å². The lowest BCUT2D eigenvalue weighted by molar-refractivity contribution is 0.102. The zero-order valence-electron chi connectivity index (χ0n) is 17.1. The van der Waals surface area contributed by atoms with E-state index in [4.69, 9.17) is 4.74 Å². The topological polar surface area (TPSA) is 84.5 Å². The van der Waals surface area contributed by atoms with Gasteiger partial charge < -0.3 is 10.1 Å². The van der Waals surface area contributed by atoms with Crippen LogP contribution in [0.5, 0.6) is 0 Å². The van der Waals surface area contributed by atoms with E-state index in [9.17, 15) is 13.2 Å². The Labute approximate surface area is 172 Å². The van der Waals surface area contributed by atoms with E-state index in [2.05, 4.69) is 10.0 Å². The van der Waals surface area contributed by atoms with Crippen molar-refractivity contribution in [2.24, 2.45) is 5.92 Å². The van der Waals surface area contributed by atoms with Crippen LogP contribution in [0.25, 0.3) is 0 Å². The first-order valence-electron chi connectivity index (χ1n) is 9.74. The van der Waals surface area contributed by atoms with Gasteiger partial charge in [0.2, 0.25) is 10.0 Å². The van der Waals surface area contributed by atoms with Crippen LogP contribution in [0.1, 0.15) is 49.5 Å². The minimum atomic E-state index is -3.63. The standard InChI is InChI=1S/C22H28N2O4S/c1-22(2,3)24-29(26,27)20-11-9-18(10-12-20)21(25)23-19-6-4-5-17(13-19)15-28-14-16-7-8-16/h4-6,9-13,16,24H,7-8,14-15H2,1-3H3,(H,23,25). The maximum Gasteiger partial charge on any atom is 0.255 e. The van der Waals surface area contributed by atoms with E-state index in [0.29, 0.717) is 23.8 Å². The third kappa shape index (κ3) is 6.66. The van der Waals surface area contributed by atoms with Crippen LogP contribution in [0.15, 0.2) is 53.4 Å². The molecule has 0 heterocycles. The van der Waals surface area contributed by atoms with Gasteiger partial charge >= 0.3 is 0 Å². The van der Waals surface area contributed by atoms with Crippen LogP contribution in [-0.2, 0) is 21.4 Å². The van der Waals surface area contributed by atoms with E-state index in [1.807, 2.05) is 24.3 Å². The SMILES string of the molecule is CC(C)(C)NS(=O)(=O)c1ccc(C(=O)Nc2cccc(COCC3CC3)c2)cc1. The Bertz CT molecular complexity index is 959. The number of benzene rings is 2. The molecule has 6 nitrogen and oxygen atoms in total. The second-order valence-corrected chi connectivity index (χ2v) is 10.2. The number of hydrogen-bond acceptors (Lipinski definition) is 4. The monoisotopic (exact) mass is 416 g/mol. The first-order valence-corrected chi connectivity index (χ1v) is 11.2. The quantitative estimate of drug-likeness (QED) is 0.683. The molecule has 0 atom stereocenters. The van der Waals surface area contributed by atoms with Crippen molar-refractivity contribution < 1.29 is 17.9 Å². The fourth-order valence-corrected chi connectivity index (χ4v) is 4.24. The van der Waals surface area contributed by atoms with Crippen molar-refractivity contribution in [1.29, 1.82) is 0 Å². The van der Waals surface area contributed by atoms with Gasteiger partial charge in [-0.15, -0.1) is 0 Å². The van der Waals surface area contributed by atoms with E-state index in [1.165, 1.54) is 37.1 Å². The lowest BCUT2D eigenvalue weighted by Gasteiger charge is -2.20. The molecule has 0 spiro atoms. The van der Waals surface area contributed by atoms with Crippen molar-refractivity contribution in [2.75, 3.05) is 11.9 Å². The molecule has 2 aromatic rings. The Morgan fingerprint density at radius 1 is 1.10 bits per heavy atom. The van der Waals surface area contributed by atoms with E-state index in [-0.39, 0.29) is 10.8 Å². The van der Waals surface area contributed by atoms with Crippen molar-refractivity contribution in [3.05, 3.63) is 59.7 Å². The molecule has 0 bridgehead atoms. The Morgan fingerprint density at radius 3 is 2.41 bits per heavy atom. The van der Waals surface area contributed by atoms with Crippen molar-refractivity contribution in [3.8, 4) is 0 Å². The zero-order chi connectivity index (χ0) is 21.1. The molecule has 1 fully saturated rings. The van der Waals surface area contributed by atoms with Gasteiger partial charge in [0.05, 0.1) is 11.5 Å². The third-order valence-electron chi connectivity index (χ3n) is 4.37. The molecule has 0 saturated heterocycles. The van der Waals surface area contributed by atoms with E-state index < -0.39 is 15.6 Å². The Hall–Kier alpha value is -2.22. The molecular weight excluding hydrogens is 388 g/mol. The number of carbonyl (C=O) groups excluding carboxylic acids is 1. The highest BCUT2D eigenvalue weighted by Gasteiger charge is 2.22. The number of carbonyl (C=O) groups is 1. The first-order chi connectivity index (χ1) is 13.6. The molecule has 3 rings (SSSR count). The average molecular weight is 417 g/mol. The fraction of sp³-hybridized carbons (Fsp3) is 0.409. The Balaban J connectivity index is 1.62. The summed E-state index contributed by atoms with van der Waals surface area (Å²) < 4.78 is 33.0. The van der Waals surface area contributed by atoms with Crippen molar-refractivity contribution in [3.63, 3.8) is 0 Å². The highest BCUT2D eigenvalue weighted by molar-refractivity contribution is 7.89. The smallest absolute Gasteiger partial charge is 0.255 e. The number of nitrogens with one attached hydrogen (secondary N) is 2. The summed E-state index contributed by atoms with van der Waals surface area (Å²) in [6.45, 7) is 6.63. The number of ether oxygens (including phenoxy) is 1. The van der Waals surface area contributed by atoms with Gasteiger partial charge in [0, 0.05) is 23.4 Å².